The van der Waals surface area contributed by atoms with Crippen LogP contribution < -0.4 is 0 Å². The summed E-state index contributed by atoms with van der Waals surface area (Å²) in [7, 11) is 0. The van der Waals surface area contributed by atoms with Gasteiger partial charge in [0.2, 0.25) is 0 Å². The highest BCUT2D eigenvalue weighted by Crippen LogP contribution is 2.49. The van der Waals surface area contributed by atoms with Crippen molar-refractivity contribution >= 4 is 17.5 Å². The summed E-state index contributed by atoms with van der Waals surface area (Å²) in [6.07, 6.45) is 5.29. The lowest BCUT2D eigenvalue weighted by Gasteiger charge is -1.99. The van der Waals surface area contributed by atoms with Crippen molar-refractivity contribution in [2.45, 2.75) is 31.1 Å². The Morgan fingerprint density at radius 1 is 1.21 bits per heavy atom. The van der Waals surface area contributed by atoms with E-state index in [1.54, 1.807) is 11.8 Å². The molecule has 2 heteroatoms. The fraction of sp³-hybridized carbons (Fsp3) is 0.353. The van der Waals surface area contributed by atoms with Crippen LogP contribution in [0.25, 0.3) is 0 Å². The monoisotopic (exact) mass is 270 g/mol. The van der Waals surface area contributed by atoms with E-state index in [1.165, 1.54) is 16.9 Å². The van der Waals surface area contributed by atoms with Gasteiger partial charge < -0.3 is 0 Å². The Labute approximate surface area is 118 Å². The minimum atomic E-state index is 0.364. The third kappa shape index (κ3) is 2.84. The lowest BCUT2D eigenvalue weighted by Crippen LogP contribution is -1.91. The van der Waals surface area contributed by atoms with E-state index in [0.29, 0.717) is 17.6 Å². The van der Waals surface area contributed by atoms with Crippen LogP contribution in [0.2, 0.25) is 0 Å². The third-order valence-corrected chi connectivity index (χ3v) is 4.92. The Bertz CT molecular complexity index is 542. The number of thioether (sulfide) groups is 1. The summed E-state index contributed by atoms with van der Waals surface area (Å²) in [6.45, 7) is 2.00. The Hall–Kier alpha value is -1.28. The molecule has 98 valence electrons. The molecule has 0 amide bonds. The van der Waals surface area contributed by atoms with Gasteiger partial charge in [-0.3, -0.25) is 4.79 Å². The predicted molar refractivity (Wildman–Crippen MR) is 80.0 cm³/mol. The molecule has 19 heavy (non-hydrogen) atoms. The van der Waals surface area contributed by atoms with Crippen LogP contribution in [0.4, 0.5) is 0 Å². The molecule has 0 N–H and O–H groups in total. The molecule has 0 heterocycles. The molecule has 1 aromatic carbocycles. The topological polar surface area (TPSA) is 17.1 Å². The van der Waals surface area contributed by atoms with E-state index >= 15 is 0 Å². The number of hydrogen-bond donors (Lipinski definition) is 0. The minimum absolute atomic E-state index is 0.364. The highest BCUT2D eigenvalue weighted by molar-refractivity contribution is 8.02. The maximum absolute atomic E-state index is 11.5. The van der Waals surface area contributed by atoms with Crippen LogP contribution in [0.15, 0.2) is 57.9 Å². The van der Waals surface area contributed by atoms with Crippen molar-refractivity contribution in [2.75, 3.05) is 0 Å². The van der Waals surface area contributed by atoms with Crippen molar-refractivity contribution in [3.8, 4) is 0 Å². The van der Waals surface area contributed by atoms with Crippen LogP contribution in [0.3, 0.4) is 0 Å². The molecule has 1 aromatic rings. The molecule has 2 aliphatic carbocycles. The summed E-state index contributed by atoms with van der Waals surface area (Å²) in [4.78, 5) is 12.8. The first kappa shape index (κ1) is 12.7. The van der Waals surface area contributed by atoms with Crippen molar-refractivity contribution in [1.29, 1.82) is 0 Å². The number of rotatable bonds is 4. The van der Waals surface area contributed by atoms with E-state index in [1.807, 2.05) is 13.0 Å². The van der Waals surface area contributed by atoms with Gasteiger partial charge >= 0.3 is 0 Å². The molecular formula is C17H18OS. The quantitative estimate of drug-likeness (QED) is 0.743. The molecule has 2 unspecified atom stereocenters. The molecule has 0 aliphatic heterocycles. The van der Waals surface area contributed by atoms with Crippen LogP contribution in [0, 0.1) is 11.8 Å². The molecule has 0 radical (unpaired) electrons. The highest BCUT2D eigenvalue weighted by atomic mass is 32.2. The van der Waals surface area contributed by atoms with Crippen molar-refractivity contribution in [3.05, 3.63) is 53.0 Å². The average Bonchev–Trinajstić information content (AvgIpc) is 3.11. The molecule has 0 saturated heterocycles. The second-order valence-corrected chi connectivity index (χ2v) is 6.32. The fourth-order valence-corrected chi connectivity index (χ4v) is 3.56. The number of hydrogen-bond acceptors (Lipinski definition) is 2. The van der Waals surface area contributed by atoms with Crippen LogP contribution in [-0.2, 0) is 4.79 Å². The number of Topliss-reactive ketones (excluding diaryl/α,β-unsaturated/α-hetero) is 1. The SMILES string of the molecule is CC1=C(C2CC2C=CSc2ccccc2)CCC1=O. The number of ketones is 1. The zero-order valence-corrected chi connectivity index (χ0v) is 12.0. The van der Waals surface area contributed by atoms with Gasteiger partial charge in [-0.05, 0) is 54.7 Å². The largest absolute Gasteiger partial charge is 0.295 e. The zero-order valence-electron chi connectivity index (χ0n) is 11.1. The van der Waals surface area contributed by atoms with E-state index in [9.17, 15) is 4.79 Å². The van der Waals surface area contributed by atoms with Crippen LogP contribution in [-0.4, -0.2) is 5.78 Å². The van der Waals surface area contributed by atoms with Gasteiger partial charge in [0.15, 0.2) is 5.78 Å². The molecule has 0 bridgehead atoms. The normalized spacial score (nSPS) is 26.5. The Morgan fingerprint density at radius 3 is 2.68 bits per heavy atom. The molecule has 3 rings (SSSR count). The number of carbonyl (C=O) groups is 1. The summed E-state index contributed by atoms with van der Waals surface area (Å²) in [5.74, 6) is 1.68. The van der Waals surface area contributed by atoms with Gasteiger partial charge in [-0.1, -0.05) is 41.6 Å². The summed E-state index contributed by atoms with van der Waals surface area (Å²) < 4.78 is 0. The third-order valence-electron chi connectivity index (χ3n) is 4.08. The van der Waals surface area contributed by atoms with E-state index < -0.39 is 0 Å². The van der Waals surface area contributed by atoms with Crippen molar-refractivity contribution in [3.63, 3.8) is 0 Å². The van der Waals surface area contributed by atoms with Gasteiger partial charge in [0.1, 0.15) is 0 Å². The van der Waals surface area contributed by atoms with Gasteiger partial charge in [-0.25, -0.2) is 0 Å². The Morgan fingerprint density at radius 2 is 2.00 bits per heavy atom. The van der Waals surface area contributed by atoms with Gasteiger partial charge in [0.25, 0.3) is 0 Å². The molecule has 0 aromatic heterocycles. The first-order chi connectivity index (χ1) is 9.25. The summed E-state index contributed by atoms with van der Waals surface area (Å²) in [6, 6.07) is 10.4. The Balaban J connectivity index is 1.55. The molecule has 1 saturated carbocycles. The van der Waals surface area contributed by atoms with Gasteiger partial charge in [0, 0.05) is 11.3 Å². The van der Waals surface area contributed by atoms with Crippen LogP contribution in [0.1, 0.15) is 26.2 Å². The second-order valence-electron chi connectivity index (χ2n) is 5.34. The van der Waals surface area contributed by atoms with Gasteiger partial charge in [-0.15, -0.1) is 0 Å². The molecular weight excluding hydrogens is 252 g/mol. The van der Waals surface area contributed by atoms with E-state index in [4.69, 9.17) is 0 Å². The highest BCUT2D eigenvalue weighted by Gasteiger charge is 2.40. The first-order valence-corrected chi connectivity index (χ1v) is 7.75. The first-order valence-electron chi connectivity index (χ1n) is 6.87. The van der Waals surface area contributed by atoms with Crippen molar-refractivity contribution < 1.29 is 4.79 Å². The lowest BCUT2D eigenvalue weighted by molar-refractivity contribution is -0.114. The number of carbonyl (C=O) groups excluding carboxylic acids is 1. The smallest absolute Gasteiger partial charge is 0.158 e. The summed E-state index contributed by atoms with van der Waals surface area (Å²) in [5, 5.41) is 2.20. The average molecular weight is 270 g/mol. The van der Waals surface area contributed by atoms with Gasteiger partial charge in [-0.2, -0.15) is 0 Å². The molecule has 1 fully saturated rings. The minimum Gasteiger partial charge on any atom is -0.295 e. The number of allylic oxidation sites excluding steroid dienone is 3. The fourth-order valence-electron chi connectivity index (χ4n) is 2.81. The second kappa shape index (κ2) is 5.38. The molecule has 1 nitrogen and oxygen atoms in total. The van der Waals surface area contributed by atoms with Crippen LogP contribution in [0.5, 0.6) is 0 Å². The Kier molecular flexibility index (Phi) is 3.61. The predicted octanol–water partition coefficient (Wildman–Crippen LogP) is 4.61. The van der Waals surface area contributed by atoms with E-state index in [2.05, 4.69) is 35.7 Å². The van der Waals surface area contributed by atoms with Crippen molar-refractivity contribution in [1.82, 2.24) is 0 Å². The van der Waals surface area contributed by atoms with E-state index in [-0.39, 0.29) is 0 Å². The van der Waals surface area contributed by atoms with Crippen LogP contribution >= 0.6 is 11.8 Å². The molecule has 2 atom stereocenters. The molecule has 2 aliphatic rings. The maximum Gasteiger partial charge on any atom is 0.158 e. The summed E-state index contributed by atoms with van der Waals surface area (Å²) >= 11 is 1.77. The lowest BCUT2D eigenvalue weighted by atomic mass is 10.1. The standard InChI is InChI=1S/C17H18OS/c1-12-15(7-8-17(12)18)16-11-13(16)9-10-19-14-5-3-2-4-6-14/h2-6,9-10,13,16H,7-8,11H2,1H3. The maximum atomic E-state index is 11.5. The summed E-state index contributed by atoms with van der Waals surface area (Å²) in [5.41, 5.74) is 2.49. The molecule has 0 spiro atoms. The van der Waals surface area contributed by atoms with E-state index in [0.717, 1.165) is 18.4 Å². The number of benzene rings is 1. The zero-order chi connectivity index (χ0) is 13.2. The van der Waals surface area contributed by atoms with Gasteiger partial charge in [0.05, 0.1) is 0 Å². The van der Waals surface area contributed by atoms with Crippen molar-refractivity contribution in [2.24, 2.45) is 11.8 Å².